The summed E-state index contributed by atoms with van der Waals surface area (Å²) in [5, 5.41) is 2.00. The molecule has 2 heterocycles. The van der Waals surface area contributed by atoms with E-state index in [0.717, 1.165) is 18.4 Å². The van der Waals surface area contributed by atoms with E-state index < -0.39 is 10.0 Å². The molecule has 1 aliphatic rings. The predicted molar refractivity (Wildman–Crippen MR) is 99.3 cm³/mol. The fraction of sp³-hybridized carbons (Fsp3) is 0.389. The van der Waals surface area contributed by atoms with E-state index >= 15 is 0 Å². The van der Waals surface area contributed by atoms with Crippen molar-refractivity contribution in [3.05, 3.63) is 51.7 Å². The topological polar surface area (TPSA) is 57.7 Å². The monoisotopic (exact) mass is 378 g/mol. The van der Waals surface area contributed by atoms with Crippen molar-refractivity contribution in [2.75, 3.05) is 20.1 Å². The first-order chi connectivity index (χ1) is 11.9. The number of thiophene rings is 1. The molecule has 0 fully saturated rings. The minimum absolute atomic E-state index is 0.155. The number of fused-ring (bicyclic) bond motifs is 1. The van der Waals surface area contributed by atoms with Crippen molar-refractivity contribution < 1.29 is 13.2 Å². The van der Waals surface area contributed by atoms with E-state index in [1.54, 1.807) is 41.5 Å². The van der Waals surface area contributed by atoms with Crippen molar-refractivity contribution in [3.8, 4) is 0 Å². The number of nitrogens with zero attached hydrogens (tertiary/aromatic N) is 2. The standard InChI is InChI=1S/C18H22N2O3S2/c1-3-9-19(2)18(21)14-5-4-6-16(12-14)25(22,23)20-10-7-17-15(13-20)8-11-24-17/h4-6,8,11-12H,3,7,9-10,13H2,1-2H3. The Kier molecular flexibility index (Phi) is 5.27. The SMILES string of the molecule is CCCN(C)C(=O)c1cccc(S(=O)(=O)N2CCc3sccc3C2)c1. The van der Waals surface area contributed by atoms with Crippen molar-refractivity contribution in [1.82, 2.24) is 9.21 Å². The van der Waals surface area contributed by atoms with Crippen molar-refractivity contribution in [3.63, 3.8) is 0 Å². The maximum absolute atomic E-state index is 13.0. The van der Waals surface area contributed by atoms with Crippen LogP contribution in [0, 0.1) is 0 Å². The van der Waals surface area contributed by atoms with Gasteiger partial charge >= 0.3 is 0 Å². The zero-order valence-electron chi connectivity index (χ0n) is 14.4. The quantitative estimate of drug-likeness (QED) is 0.804. The van der Waals surface area contributed by atoms with Crippen LogP contribution >= 0.6 is 11.3 Å². The van der Waals surface area contributed by atoms with E-state index in [0.29, 0.717) is 25.2 Å². The highest BCUT2D eigenvalue weighted by Gasteiger charge is 2.29. The van der Waals surface area contributed by atoms with E-state index in [9.17, 15) is 13.2 Å². The molecule has 1 amide bonds. The van der Waals surface area contributed by atoms with Crippen LogP contribution in [0.25, 0.3) is 0 Å². The van der Waals surface area contributed by atoms with Gasteiger partial charge in [-0.1, -0.05) is 13.0 Å². The summed E-state index contributed by atoms with van der Waals surface area (Å²) in [5.74, 6) is -0.155. The van der Waals surface area contributed by atoms with Gasteiger partial charge in [-0.25, -0.2) is 8.42 Å². The summed E-state index contributed by atoms with van der Waals surface area (Å²) in [7, 11) is -1.88. The van der Waals surface area contributed by atoms with Gasteiger partial charge in [0.1, 0.15) is 0 Å². The third kappa shape index (κ3) is 3.63. The van der Waals surface area contributed by atoms with Crippen molar-refractivity contribution in [2.24, 2.45) is 0 Å². The molecule has 5 nitrogen and oxygen atoms in total. The molecule has 7 heteroatoms. The number of carbonyl (C=O) groups is 1. The number of amides is 1. The summed E-state index contributed by atoms with van der Waals surface area (Å²) in [6.45, 7) is 3.52. The number of hydrogen-bond acceptors (Lipinski definition) is 4. The third-order valence-electron chi connectivity index (χ3n) is 4.40. The van der Waals surface area contributed by atoms with E-state index in [-0.39, 0.29) is 10.8 Å². The van der Waals surface area contributed by atoms with E-state index in [2.05, 4.69) is 0 Å². The molecule has 25 heavy (non-hydrogen) atoms. The Morgan fingerprint density at radius 1 is 1.32 bits per heavy atom. The Hall–Kier alpha value is -1.70. The second-order valence-corrected chi connectivity index (χ2v) is 9.15. The summed E-state index contributed by atoms with van der Waals surface area (Å²) in [6, 6.07) is 8.35. The molecule has 0 radical (unpaired) electrons. The highest BCUT2D eigenvalue weighted by molar-refractivity contribution is 7.89. The molecule has 0 saturated carbocycles. The van der Waals surface area contributed by atoms with Gasteiger partial charge in [-0.3, -0.25) is 4.79 Å². The molecule has 134 valence electrons. The number of rotatable bonds is 5. The van der Waals surface area contributed by atoms with Crippen LogP contribution in [0.2, 0.25) is 0 Å². The summed E-state index contributed by atoms with van der Waals surface area (Å²) < 4.78 is 27.5. The number of sulfonamides is 1. The van der Waals surface area contributed by atoms with E-state index in [4.69, 9.17) is 0 Å². The Morgan fingerprint density at radius 3 is 2.88 bits per heavy atom. The lowest BCUT2D eigenvalue weighted by Gasteiger charge is -2.26. The predicted octanol–water partition coefficient (Wildman–Crippen LogP) is 2.98. The smallest absolute Gasteiger partial charge is 0.253 e. The van der Waals surface area contributed by atoms with Crippen LogP contribution in [-0.4, -0.2) is 43.7 Å². The van der Waals surface area contributed by atoms with Gasteiger partial charge in [-0.15, -0.1) is 11.3 Å². The maximum atomic E-state index is 13.0. The average molecular weight is 379 g/mol. The number of hydrogen-bond donors (Lipinski definition) is 0. The molecule has 1 aromatic heterocycles. The molecular formula is C18H22N2O3S2. The molecule has 0 atom stereocenters. The van der Waals surface area contributed by atoms with Crippen molar-refractivity contribution in [2.45, 2.75) is 31.2 Å². The summed E-state index contributed by atoms with van der Waals surface area (Å²) >= 11 is 1.68. The van der Waals surface area contributed by atoms with Crippen molar-refractivity contribution >= 4 is 27.3 Å². The molecule has 0 N–H and O–H groups in total. The van der Waals surface area contributed by atoms with Crippen LogP contribution in [-0.2, 0) is 23.0 Å². The van der Waals surface area contributed by atoms with Gasteiger partial charge in [-0.05, 0) is 48.1 Å². The molecule has 1 aliphatic heterocycles. The molecule has 0 unspecified atom stereocenters. The van der Waals surface area contributed by atoms with Crippen LogP contribution in [0.1, 0.15) is 34.1 Å². The largest absolute Gasteiger partial charge is 0.342 e. The molecule has 1 aromatic carbocycles. The first-order valence-electron chi connectivity index (χ1n) is 8.34. The van der Waals surface area contributed by atoms with Crippen LogP contribution in [0.4, 0.5) is 0 Å². The van der Waals surface area contributed by atoms with Gasteiger partial charge in [0.05, 0.1) is 4.90 Å². The fourth-order valence-electron chi connectivity index (χ4n) is 3.02. The molecule has 0 bridgehead atoms. The molecule has 0 spiro atoms. The first kappa shape index (κ1) is 18.1. The zero-order chi connectivity index (χ0) is 18.0. The number of carbonyl (C=O) groups excluding carboxylic acids is 1. The Balaban J connectivity index is 1.86. The lowest BCUT2D eigenvalue weighted by molar-refractivity contribution is 0.0795. The fourth-order valence-corrected chi connectivity index (χ4v) is 5.38. The highest BCUT2D eigenvalue weighted by atomic mass is 32.2. The van der Waals surface area contributed by atoms with Crippen LogP contribution < -0.4 is 0 Å². The molecular weight excluding hydrogens is 356 g/mol. The van der Waals surface area contributed by atoms with Gasteiger partial charge in [0.2, 0.25) is 10.0 Å². The Labute approximate surface area is 152 Å². The Bertz CT molecular complexity index is 874. The Morgan fingerprint density at radius 2 is 2.12 bits per heavy atom. The lowest BCUT2D eigenvalue weighted by atomic mass is 10.1. The molecule has 0 aliphatic carbocycles. The van der Waals surface area contributed by atoms with Gasteiger partial charge in [0.15, 0.2) is 0 Å². The van der Waals surface area contributed by atoms with Gasteiger partial charge in [-0.2, -0.15) is 4.31 Å². The number of benzene rings is 1. The summed E-state index contributed by atoms with van der Waals surface area (Å²) in [6.07, 6.45) is 1.60. The second-order valence-electron chi connectivity index (χ2n) is 6.21. The normalized spacial score (nSPS) is 15.0. The van der Waals surface area contributed by atoms with Crippen LogP contribution in [0.5, 0.6) is 0 Å². The van der Waals surface area contributed by atoms with E-state index in [1.807, 2.05) is 18.4 Å². The van der Waals surface area contributed by atoms with Crippen LogP contribution in [0.3, 0.4) is 0 Å². The highest BCUT2D eigenvalue weighted by Crippen LogP contribution is 2.28. The lowest BCUT2D eigenvalue weighted by Crippen LogP contribution is -2.35. The minimum atomic E-state index is -3.61. The third-order valence-corrected chi connectivity index (χ3v) is 7.26. The van der Waals surface area contributed by atoms with Gasteiger partial charge in [0, 0.05) is 37.1 Å². The molecule has 0 saturated heterocycles. The average Bonchev–Trinajstić information content (AvgIpc) is 3.09. The minimum Gasteiger partial charge on any atom is -0.342 e. The van der Waals surface area contributed by atoms with Gasteiger partial charge < -0.3 is 4.90 Å². The zero-order valence-corrected chi connectivity index (χ0v) is 16.1. The maximum Gasteiger partial charge on any atom is 0.253 e. The molecule has 2 aromatic rings. The first-order valence-corrected chi connectivity index (χ1v) is 10.7. The summed E-state index contributed by atoms with van der Waals surface area (Å²) in [4.78, 5) is 15.5. The second kappa shape index (κ2) is 7.27. The van der Waals surface area contributed by atoms with Crippen LogP contribution in [0.15, 0.2) is 40.6 Å². The van der Waals surface area contributed by atoms with Crippen molar-refractivity contribution in [1.29, 1.82) is 0 Å². The molecule has 3 rings (SSSR count). The van der Waals surface area contributed by atoms with E-state index in [1.165, 1.54) is 15.2 Å². The van der Waals surface area contributed by atoms with Gasteiger partial charge in [0.25, 0.3) is 5.91 Å². The summed E-state index contributed by atoms with van der Waals surface area (Å²) in [5.41, 5.74) is 1.49.